The smallest absolute Gasteiger partial charge is 0.252 e. The lowest BCUT2D eigenvalue weighted by molar-refractivity contribution is 0.467. The topological polar surface area (TPSA) is 55.2 Å². The van der Waals surface area contributed by atoms with Gasteiger partial charge in [-0.3, -0.25) is 4.68 Å². The fraction of sp³-hybridized carbons (Fsp3) is 0.364. The number of aromatic nitrogens is 2. The Balaban J connectivity index is 2.24. The van der Waals surface area contributed by atoms with Gasteiger partial charge in [-0.25, -0.2) is 8.42 Å². The summed E-state index contributed by atoms with van der Waals surface area (Å²) < 4.78 is 28.9. The predicted molar refractivity (Wildman–Crippen MR) is 78.6 cm³/mol. The standard InChI is InChI=1S/C11H14BrN3O2S2/c1-8-9(6-13-15(8)3)7-14(2)19(16,17)11-5-4-10(12)18-11/h4-6H,7H2,1-3H3. The molecule has 0 radical (unpaired) electrons. The Morgan fingerprint density at radius 1 is 1.47 bits per heavy atom. The third kappa shape index (κ3) is 2.91. The van der Waals surface area contributed by atoms with E-state index in [1.807, 2.05) is 14.0 Å². The number of aryl methyl sites for hydroxylation is 1. The second-order valence-corrected chi connectivity index (χ2v) is 8.93. The van der Waals surface area contributed by atoms with Crippen molar-refractivity contribution >= 4 is 37.3 Å². The highest BCUT2D eigenvalue weighted by molar-refractivity contribution is 9.11. The minimum absolute atomic E-state index is 0.317. The molecule has 0 fully saturated rings. The minimum atomic E-state index is -3.44. The largest absolute Gasteiger partial charge is 0.273 e. The van der Waals surface area contributed by atoms with E-state index in [1.165, 1.54) is 15.6 Å². The number of rotatable bonds is 4. The highest BCUT2D eigenvalue weighted by atomic mass is 79.9. The lowest BCUT2D eigenvalue weighted by Crippen LogP contribution is -2.26. The van der Waals surface area contributed by atoms with Gasteiger partial charge in [-0.1, -0.05) is 0 Å². The highest BCUT2D eigenvalue weighted by Crippen LogP contribution is 2.28. The second-order valence-electron chi connectivity index (χ2n) is 4.20. The molecule has 5 nitrogen and oxygen atoms in total. The number of hydrogen-bond donors (Lipinski definition) is 0. The summed E-state index contributed by atoms with van der Waals surface area (Å²) in [6, 6.07) is 3.34. The first-order valence-electron chi connectivity index (χ1n) is 5.51. The minimum Gasteiger partial charge on any atom is -0.273 e. The molecule has 0 N–H and O–H groups in total. The van der Waals surface area contributed by atoms with Crippen LogP contribution in [0.5, 0.6) is 0 Å². The molecule has 104 valence electrons. The number of hydrogen-bond acceptors (Lipinski definition) is 4. The van der Waals surface area contributed by atoms with Crippen LogP contribution in [0.4, 0.5) is 0 Å². The van der Waals surface area contributed by atoms with E-state index in [1.54, 1.807) is 30.1 Å². The monoisotopic (exact) mass is 363 g/mol. The van der Waals surface area contributed by atoms with E-state index < -0.39 is 10.0 Å². The summed E-state index contributed by atoms with van der Waals surface area (Å²) in [5.41, 5.74) is 1.87. The van der Waals surface area contributed by atoms with Crippen LogP contribution in [0, 0.1) is 6.92 Å². The lowest BCUT2D eigenvalue weighted by atomic mass is 10.3. The molecule has 0 spiro atoms. The van der Waals surface area contributed by atoms with E-state index in [2.05, 4.69) is 21.0 Å². The maximum atomic E-state index is 12.4. The van der Waals surface area contributed by atoms with E-state index >= 15 is 0 Å². The Labute approximate surface area is 125 Å². The van der Waals surface area contributed by atoms with Gasteiger partial charge in [0.1, 0.15) is 4.21 Å². The molecule has 2 heterocycles. The van der Waals surface area contributed by atoms with Crippen molar-refractivity contribution in [1.29, 1.82) is 0 Å². The molecule has 0 saturated carbocycles. The molecular formula is C11H14BrN3O2S2. The first-order chi connectivity index (χ1) is 8.82. The third-order valence-electron chi connectivity index (χ3n) is 2.94. The number of sulfonamides is 1. The first-order valence-corrected chi connectivity index (χ1v) is 8.56. The van der Waals surface area contributed by atoms with Gasteiger partial charge in [0.2, 0.25) is 0 Å². The predicted octanol–water partition coefficient (Wildman–Crippen LogP) is 2.37. The van der Waals surface area contributed by atoms with Gasteiger partial charge >= 0.3 is 0 Å². The molecule has 2 rings (SSSR count). The molecule has 0 aliphatic rings. The maximum Gasteiger partial charge on any atom is 0.252 e. The second kappa shape index (κ2) is 5.35. The van der Waals surface area contributed by atoms with Crippen LogP contribution in [-0.2, 0) is 23.6 Å². The summed E-state index contributed by atoms with van der Waals surface area (Å²) in [5.74, 6) is 0. The molecule has 2 aromatic rings. The zero-order chi connectivity index (χ0) is 14.2. The maximum absolute atomic E-state index is 12.4. The van der Waals surface area contributed by atoms with Gasteiger partial charge < -0.3 is 0 Å². The molecule has 0 unspecified atom stereocenters. The molecule has 0 bridgehead atoms. The zero-order valence-corrected chi connectivity index (χ0v) is 14.0. The van der Waals surface area contributed by atoms with Gasteiger partial charge in [-0.05, 0) is 35.0 Å². The van der Waals surface area contributed by atoms with Crippen LogP contribution in [0.25, 0.3) is 0 Å². The zero-order valence-electron chi connectivity index (χ0n) is 10.8. The van der Waals surface area contributed by atoms with Gasteiger partial charge in [-0.15, -0.1) is 11.3 Å². The number of thiophene rings is 1. The SMILES string of the molecule is Cc1c(CN(C)S(=O)(=O)c2ccc(Br)s2)cnn1C. The molecule has 0 atom stereocenters. The van der Waals surface area contributed by atoms with Crippen LogP contribution in [0.1, 0.15) is 11.3 Å². The Hall–Kier alpha value is -0.700. The molecule has 2 aromatic heterocycles. The van der Waals surface area contributed by atoms with Crippen molar-refractivity contribution in [2.45, 2.75) is 17.7 Å². The molecule has 8 heteroatoms. The van der Waals surface area contributed by atoms with E-state index in [4.69, 9.17) is 0 Å². The summed E-state index contributed by atoms with van der Waals surface area (Å²) >= 11 is 4.49. The van der Waals surface area contributed by atoms with Crippen molar-refractivity contribution in [2.75, 3.05) is 7.05 Å². The van der Waals surface area contributed by atoms with E-state index in [0.717, 1.165) is 15.0 Å². The lowest BCUT2D eigenvalue weighted by Gasteiger charge is -2.15. The summed E-state index contributed by atoms with van der Waals surface area (Å²) in [4.78, 5) is 0. The van der Waals surface area contributed by atoms with Crippen LogP contribution >= 0.6 is 27.3 Å². The van der Waals surface area contributed by atoms with Crippen LogP contribution < -0.4 is 0 Å². The third-order valence-corrected chi connectivity index (χ3v) is 6.84. The molecule has 19 heavy (non-hydrogen) atoms. The van der Waals surface area contributed by atoms with Crippen LogP contribution in [0.3, 0.4) is 0 Å². The normalized spacial score (nSPS) is 12.3. The van der Waals surface area contributed by atoms with Crippen molar-refractivity contribution in [3.8, 4) is 0 Å². The fourth-order valence-electron chi connectivity index (χ4n) is 1.61. The first kappa shape index (κ1) is 14.7. The quantitative estimate of drug-likeness (QED) is 0.837. The Bertz CT molecular complexity index is 691. The summed E-state index contributed by atoms with van der Waals surface area (Å²) in [7, 11) is -0.0232. The summed E-state index contributed by atoms with van der Waals surface area (Å²) in [5, 5.41) is 4.12. The van der Waals surface area contributed by atoms with E-state index in [-0.39, 0.29) is 0 Å². The van der Waals surface area contributed by atoms with E-state index in [0.29, 0.717) is 10.8 Å². The average molecular weight is 364 g/mol. The van der Waals surface area contributed by atoms with Gasteiger partial charge in [-0.2, -0.15) is 9.40 Å². The number of halogens is 1. The van der Waals surface area contributed by atoms with Crippen molar-refractivity contribution in [1.82, 2.24) is 14.1 Å². The van der Waals surface area contributed by atoms with Crippen LogP contribution in [-0.4, -0.2) is 29.6 Å². The Kier molecular flexibility index (Phi) is 4.14. The average Bonchev–Trinajstić information content (AvgIpc) is 2.90. The highest BCUT2D eigenvalue weighted by Gasteiger charge is 2.23. The van der Waals surface area contributed by atoms with Gasteiger partial charge in [0.05, 0.1) is 9.98 Å². The molecule has 0 aliphatic carbocycles. The Morgan fingerprint density at radius 2 is 2.16 bits per heavy atom. The van der Waals surface area contributed by atoms with Crippen molar-refractivity contribution in [3.63, 3.8) is 0 Å². The van der Waals surface area contributed by atoms with Crippen molar-refractivity contribution in [3.05, 3.63) is 33.4 Å². The molecule has 0 amide bonds. The molecule has 0 aromatic carbocycles. The van der Waals surface area contributed by atoms with E-state index in [9.17, 15) is 8.42 Å². The van der Waals surface area contributed by atoms with Crippen molar-refractivity contribution in [2.24, 2.45) is 7.05 Å². The summed E-state index contributed by atoms with van der Waals surface area (Å²) in [6.07, 6.45) is 1.70. The number of nitrogens with zero attached hydrogens (tertiary/aromatic N) is 3. The van der Waals surface area contributed by atoms with Gasteiger partial charge in [0.25, 0.3) is 10.0 Å². The molecule has 0 aliphatic heterocycles. The van der Waals surface area contributed by atoms with Crippen molar-refractivity contribution < 1.29 is 8.42 Å². The Morgan fingerprint density at radius 3 is 2.63 bits per heavy atom. The van der Waals surface area contributed by atoms with Gasteiger partial charge in [0.15, 0.2) is 0 Å². The van der Waals surface area contributed by atoms with Crippen LogP contribution in [0.2, 0.25) is 0 Å². The molecular weight excluding hydrogens is 350 g/mol. The van der Waals surface area contributed by atoms with Gasteiger partial charge in [0, 0.05) is 31.9 Å². The molecule has 0 saturated heterocycles. The fourth-order valence-corrected chi connectivity index (χ4v) is 4.98. The summed E-state index contributed by atoms with van der Waals surface area (Å²) in [6.45, 7) is 2.24. The van der Waals surface area contributed by atoms with Crippen LogP contribution in [0.15, 0.2) is 26.3 Å².